The first kappa shape index (κ1) is 17.2. The maximum Gasteiger partial charge on any atom is 0.277 e. The van der Waals surface area contributed by atoms with Crippen LogP contribution in [-0.2, 0) is 4.79 Å². The Kier molecular flexibility index (Phi) is 5.14. The first-order valence-electron chi connectivity index (χ1n) is 7.65. The van der Waals surface area contributed by atoms with Crippen LogP contribution in [0.5, 0.6) is 0 Å². The lowest BCUT2D eigenvalue weighted by Crippen LogP contribution is -2.22. The number of para-hydroxylation sites is 1. The normalized spacial score (nSPS) is 12.0. The van der Waals surface area contributed by atoms with Crippen molar-refractivity contribution in [1.82, 2.24) is 10.2 Å². The van der Waals surface area contributed by atoms with Crippen LogP contribution in [0.1, 0.15) is 12.5 Å². The molecule has 5 nitrogen and oxygen atoms in total. The summed E-state index contributed by atoms with van der Waals surface area (Å²) < 4.78 is 19.2. The first-order chi connectivity index (χ1) is 12.0. The van der Waals surface area contributed by atoms with Crippen LogP contribution in [0.25, 0.3) is 11.5 Å². The van der Waals surface area contributed by atoms with Crippen LogP contribution in [0.2, 0.25) is 0 Å². The van der Waals surface area contributed by atoms with Gasteiger partial charge in [0, 0.05) is 5.56 Å². The molecule has 1 heterocycles. The van der Waals surface area contributed by atoms with Gasteiger partial charge in [0.25, 0.3) is 5.22 Å². The zero-order chi connectivity index (χ0) is 17.8. The van der Waals surface area contributed by atoms with Crippen molar-refractivity contribution < 1.29 is 13.6 Å². The van der Waals surface area contributed by atoms with Gasteiger partial charge in [0.15, 0.2) is 0 Å². The lowest BCUT2D eigenvalue weighted by atomic mass is 10.1. The third-order valence-electron chi connectivity index (χ3n) is 3.45. The molecule has 0 saturated heterocycles. The molecule has 1 atom stereocenters. The first-order valence-corrected chi connectivity index (χ1v) is 8.53. The van der Waals surface area contributed by atoms with Crippen molar-refractivity contribution >= 4 is 23.4 Å². The molecule has 0 bridgehead atoms. The fourth-order valence-corrected chi connectivity index (χ4v) is 2.84. The highest BCUT2D eigenvalue weighted by molar-refractivity contribution is 8.00. The lowest BCUT2D eigenvalue weighted by molar-refractivity contribution is -0.115. The molecule has 0 unspecified atom stereocenters. The molecule has 0 fully saturated rings. The van der Waals surface area contributed by atoms with Crippen LogP contribution < -0.4 is 5.32 Å². The predicted molar refractivity (Wildman–Crippen MR) is 94.8 cm³/mol. The van der Waals surface area contributed by atoms with Gasteiger partial charge in [-0.15, -0.1) is 10.2 Å². The zero-order valence-corrected chi connectivity index (χ0v) is 14.5. The quantitative estimate of drug-likeness (QED) is 0.690. The van der Waals surface area contributed by atoms with Gasteiger partial charge in [0.05, 0.1) is 10.9 Å². The molecule has 128 valence electrons. The molecule has 1 amide bonds. The summed E-state index contributed by atoms with van der Waals surface area (Å²) in [4.78, 5) is 12.2. The summed E-state index contributed by atoms with van der Waals surface area (Å²) in [6, 6.07) is 13.7. The minimum atomic E-state index is -0.523. The number of hydrogen-bond acceptors (Lipinski definition) is 5. The smallest absolute Gasteiger partial charge is 0.277 e. The average molecular weight is 357 g/mol. The highest BCUT2D eigenvalue weighted by Gasteiger charge is 2.19. The van der Waals surface area contributed by atoms with Gasteiger partial charge in [-0.2, -0.15) is 0 Å². The molecule has 3 aromatic rings. The highest BCUT2D eigenvalue weighted by Crippen LogP contribution is 2.27. The Bertz CT molecular complexity index is 897. The van der Waals surface area contributed by atoms with Gasteiger partial charge >= 0.3 is 0 Å². The van der Waals surface area contributed by atoms with Crippen LogP contribution in [0.4, 0.5) is 10.1 Å². The number of nitrogens with zero attached hydrogens (tertiary/aromatic N) is 2. The molecule has 0 aliphatic rings. The predicted octanol–water partition coefficient (Wildman–Crippen LogP) is 4.30. The fraction of sp³-hybridized carbons (Fsp3) is 0.167. The number of carbonyl (C=O) groups is 1. The minimum Gasteiger partial charge on any atom is -0.411 e. The van der Waals surface area contributed by atoms with Gasteiger partial charge in [-0.1, -0.05) is 41.6 Å². The molecule has 25 heavy (non-hydrogen) atoms. The maximum absolute atomic E-state index is 13.6. The Morgan fingerprint density at radius 2 is 2.00 bits per heavy atom. The van der Waals surface area contributed by atoms with E-state index in [0.29, 0.717) is 5.89 Å². The summed E-state index contributed by atoms with van der Waals surface area (Å²) in [5.74, 6) is -0.425. The molecule has 0 aliphatic carbocycles. The summed E-state index contributed by atoms with van der Waals surface area (Å²) in [7, 11) is 0. The molecule has 0 radical (unpaired) electrons. The minimum absolute atomic E-state index is 0.144. The van der Waals surface area contributed by atoms with E-state index in [1.165, 1.54) is 12.1 Å². The zero-order valence-electron chi connectivity index (χ0n) is 13.7. The second kappa shape index (κ2) is 7.48. The van der Waals surface area contributed by atoms with Gasteiger partial charge in [-0.05, 0) is 38.1 Å². The second-order valence-corrected chi connectivity index (χ2v) is 6.76. The number of nitrogens with one attached hydrogen (secondary N) is 1. The summed E-state index contributed by atoms with van der Waals surface area (Å²) in [5, 5.41) is 10.3. The monoisotopic (exact) mass is 357 g/mol. The van der Waals surface area contributed by atoms with E-state index in [-0.39, 0.29) is 16.8 Å². The Balaban J connectivity index is 1.66. The molecular formula is C18H16FN3O2S. The third kappa shape index (κ3) is 4.24. The van der Waals surface area contributed by atoms with Crippen LogP contribution in [0.15, 0.2) is 58.2 Å². The fourth-order valence-electron chi connectivity index (χ4n) is 2.15. The summed E-state index contributed by atoms with van der Waals surface area (Å²) in [6.45, 7) is 3.67. The summed E-state index contributed by atoms with van der Waals surface area (Å²) >= 11 is 1.12. The van der Waals surface area contributed by atoms with Gasteiger partial charge in [-0.3, -0.25) is 4.79 Å². The molecule has 0 saturated carbocycles. The van der Waals surface area contributed by atoms with E-state index in [0.717, 1.165) is 22.9 Å². The topological polar surface area (TPSA) is 68.0 Å². The number of rotatable bonds is 5. The molecular weight excluding hydrogens is 341 g/mol. The molecule has 0 aliphatic heterocycles. The van der Waals surface area contributed by atoms with E-state index in [4.69, 9.17) is 4.42 Å². The Hall–Kier alpha value is -2.67. The van der Waals surface area contributed by atoms with Crippen molar-refractivity contribution in [3.63, 3.8) is 0 Å². The van der Waals surface area contributed by atoms with E-state index in [1.807, 2.05) is 31.2 Å². The van der Waals surface area contributed by atoms with Gasteiger partial charge in [0.2, 0.25) is 11.8 Å². The Morgan fingerprint density at radius 3 is 2.76 bits per heavy atom. The SMILES string of the molecule is Cc1cccc(-c2nnc(S[C@H](C)C(=O)Nc3ccccc3F)o2)c1. The number of halogens is 1. The number of amides is 1. The number of hydrogen-bond donors (Lipinski definition) is 1. The average Bonchev–Trinajstić information content (AvgIpc) is 3.05. The molecule has 0 spiro atoms. The van der Waals surface area contributed by atoms with Crippen molar-refractivity contribution in [2.75, 3.05) is 5.32 Å². The van der Waals surface area contributed by atoms with Gasteiger partial charge in [-0.25, -0.2) is 4.39 Å². The van der Waals surface area contributed by atoms with Crippen molar-refractivity contribution in [2.45, 2.75) is 24.3 Å². The maximum atomic E-state index is 13.6. The number of anilines is 1. The van der Waals surface area contributed by atoms with E-state index in [1.54, 1.807) is 19.1 Å². The standard InChI is InChI=1S/C18H16FN3O2S/c1-11-6-5-7-13(10-11)17-21-22-18(24-17)25-12(2)16(23)20-15-9-4-3-8-14(15)19/h3-10,12H,1-2H3,(H,20,23)/t12-/m1/s1. The summed E-state index contributed by atoms with van der Waals surface area (Å²) in [6.07, 6.45) is 0. The van der Waals surface area contributed by atoms with Crippen molar-refractivity contribution in [2.24, 2.45) is 0 Å². The lowest BCUT2D eigenvalue weighted by Gasteiger charge is -2.10. The number of aromatic nitrogens is 2. The molecule has 1 N–H and O–H groups in total. The van der Waals surface area contributed by atoms with E-state index in [9.17, 15) is 9.18 Å². The van der Waals surface area contributed by atoms with Gasteiger partial charge < -0.3 is 9.73 Å². The molecule has 7 heteroatoms. The van der Waals surface area contributed by atoms with Crippen LogP contribution in [-0.4, -0.2) is 21.4 Å². The second-order valence-electron chi connectivity index (χ2n) is 5.47. The number of benzene rings is 2. The summed E-state index contributed by atoms with van der Waals surface area (Å²) in [5.41, 5.74) is 2.05. The van der Waals surface area contributed by atoms with Crippen LogP contribution >= 0.6 is 11.8 Å². The Labute approximate surface area is 148 Å². The largest absolute Gasteiger partial charge is 0.411 e. The van der Waals surface area contributed by atoms with E-state index in [2.05, 4.69) is 15.5 Å². The third-order valence-corrected chi connectivity index (χ3v) is 4.38. The molecule has 1 aromatic heterocycles. The van der Waals surface area contributed by atoms with Crippen molar-refractivity contribution in [3.05, 3.63) is 59.9 Å². The Morgan fingerprint density at radius 1 is 1.20 bits per heavy atom. The van der Waals surface area contributed by atoms with E-state index < -0.39 is 11.1 Å². The number of carbonyl (C=O) groups excluding carboxylic acids is 1. The highest BCUT2D eigenvalue weighted by atomic mass is 32.2. The molecule has 3 rings (SSSR count). The van der Waals surface area contributed by atoms with Crippen LogP contribution in [0.3, 0.4) is 0 Å². The van der Waals surface area contributed by atoms with Crippen molar-refractivity contribution in [1.29, 1.82) is 0 Å². The van der Waals surface area contributed by atoms with E-state index >= 15 is 0 Å². The number of thioether (sulfide) groups is 1. The number of aryl methyl sites for hydroxylation is 1. The molecule has 2 aromatic carbocycles. The van der Waals surface area contributed by atoms with Crippen LogP contribution in [0, 0.1) is 12.7 Å². The van der Waals surface area contributed by atoms with Gasteiger partial charge in [0.1, 0.15) is 5.82 Å². The van der Waals surface area contributed by atoms with Crippen molar-refractivity contribution in [3.8, 4) is 11.5 Å².